The third-order valence-electron chi connectivity index (χ3n) is 6.91. The predicted molar refractivity (Wildman–Crippen MR) is 124 cm³/mol. The number of hydrogen-bond acceptors (Lipinski definition) is 4. The standard InChI is InChI=1S/C26H30N2O5/c1-3-17(24(29)28-13-12-16(2)23(28)25(30)31)14-27-26(32)33-15-22-20-10-6-4-8-18(20)19-9-5-7-11-21(19)22/h4-11,16-17,22-23H,3,12-15H2,1-2H3,(H,27,32)(H,30,31). The van der Waals surface area contributed by atoms with Gasteiger partial charge in [-0.1, -0.05) is 62.4 Å². The monoisotopic (exact) mass is 450 g/mol. The van der Waals surface area contributed by atoms with Crippen LogP contribution in [0.15, 0.2) is 48.5 Å². The molecule has 2 aliphatic rings. The summed E-state index contributed by atoms with van der Waals surface area (Å²) < 4.78 is 5.55. The van der Waals surface area contributed by atoms with E-state index in [0.717, 1.165) is 22.3 Å². The van der Waals surface area contributed by atoms with E-state index in [0.29, 0.717) is 19.4 Å². The third kappa shape index (κ3) is 4.45. The number of carboxylic acid groups (broad SMARTS) is 1. The number of fused-ring (bicyclic) bond motifs is 3. The van der Waals surface area contributed by atoms with Gasteiger partial charge in [0.15, 0.2) is 0 Å². The summed E-state index contributed by atoms with van der Waals surface area (Å²) >= 11 is 0. The lowest BCUT2D eigenvalue weighted by Crippen LogP contribution is -2.47. The molecule has 3 unspecified atom stereocenters. The maximum Gasteiger partial charge on any atom is 0.407 e. The fraction of sp³-hybridized carbons (Fsp3) is 0.423. The van der Waals surface area contributed by atoms with Crippen molar-refractivity contribution in [2.75, 3.05) is 19.7 Å². The molecule has 0 aromatic heterocycles. The first-order valence-corrected chi connectivity index (χ1v) is 11.5. The summed E-state index contributed by atoms with van der Waals surface area (Å²) in [6.45, 7) is 4.45. The Morgan fingerprint density at radius 3 is 2.27 bits per heavy atom. The second-order valence-corrected chi connectivity index (χ2v) is 8.89. The van der Waals surface area contributed by atoms with Crippen LogP contribution in [0.1, 0.15) is 43.7 Å². The van der Waals surface area contributed by atoms with Gasteiger partial charge in [-0.15, -0.1) is 0 Å². The van der Waals surface area contributed by atoms with Crippen molar-refractivity contribution >= 4 is 18.0 Å². The van der Waals surface area contributed by atoms with Gasteiger partial charge in [-0.2, -0.15) is 0 Å². The van der Waals surface area contributed by atoms with Crippen LogP contribution in [0.2, 0.25) is 0 Å². The Morgan fingerprint density at radius 2 is 1.70 bits per heavy atom. The lowest BCUT2D eigenvalue weighted by atomic mass is 9.98. The highest BCUT2D eigenvalue weighted by Gasteiger charge is 2.41. The van der Waals surface area contributed by atoms with Crippen LogP contribution in [0.5, 0.6) is 0 Å². The van der Waals surface area contributed by atoms with Gasteiger partial charge in [-0.05, 0) is 41.0 Å². The van der Waals surface area contributed by atoms with Gasteiger partial charge in [0.05, 0.1) is 5.92 Å². The molecule has 2 aromatic rings. The summed E-state index contributed by atoms with van der Waals surface area (Å²) in [5, 5.41) is 12.2. The van der Waals surface area contributed by atoms with E-state index in [4.69, 9.17) is 4.74 Å². The van der Waals surface area contributed by atoms with Crippen molar-refractivity contribution in [1.82, 2.24) is 10.2 Å². The normalized spacial score (nSPS) is 20.1. The lowest BCUT2D eigenvalue weighted by Gasteiger charge is -2.27. The second kappa shape index (κ2) is 9.65. The molecule has 3 atom stereocenters. The largest absolute Gasteiger partial charge is 0.480 e. The van der Waals surface area contributed by atoms with E-state index in [9.17, 15) is 19.5 Å². The van der Waals surface area contributed by atoms with E-state index in [1.54, 1.807) is 0 Å². The Bertz CT molecular complexity index is 1010. The summed E-state index contributed by atoms with van der Waals surface area (Å²) in [5.74, 6) is -1.81. The molecule has 2 aromatic carbocycles. The van der Waals surface area contributed by atoms with Crippen molar-refractivity contribution in [3.05, 3.63) is 59.7 Å². The lowest BCUT2D eigenvalue weighted by molar-refractivity contribution is -0.151. The van der Waals surface area contributed by atoms with Crippen LogP contribution in [0.3, 0.4) is 0 Å². The predicted octanol–water partition coefficient (Wildman–Crippen LogP) is 3.87. The molecule has 0 bridgehead atoms. The number of hydrogen-bond donors (Lipinski definition) is 2. The molecule has 174 valence electrons. The van der Waals surface area contributed by atoms with E-state index in [-0.39, 0.29) is 30.9 Å². The van der Waals surface area contributed by atoms with Crippen LogP contribution in [0.4, 0.5) is 4.79 Å². The Kier molecular flexibility index (Phi) is 6.67. The van der Waals surface area contributed by atoms with Crippen LogP contribution in [-0.4, -0.2) is 53.7 Å². The molecular weight excluding hydrogens is 420 g/mol. The maximum absolute atomic E-state index is 13.0. The van der Waals surface area contributed by atoms with Crippen LogP contribution in [0, 0.1) is 11.8 Å². The second-order valence-electron chi connectivity index (χ2n) is 8.89. The Balaban J connectivity index is 1.35. The summed E-state index contributed by atoms with van der Waals surface area (Å²) in [6.07, 6.45) is 0.589. The minimum Gasteiger partial charge on any atom is -0.480 e. The third-order valence-corrected chi connectivity index (χ3v) is 6.91. The summed E-state index contributed by atoms with van der Waals surface area (Å²) in [7, 11) is 0. The molecule has 4 rings (SSSR count). The van der Waals surface area contributed by atoms with Gasteiger partial charge in [0.1, 0.15) is 12.6 Å². The van der Waals surface area contributed by atoms with Gasteiger partial charge in [0.25, 0.3) is 0 Å². The molecule has 2 amide bonds. The molecule has 33 heavy (non-hydrogen) atoms. The zero-order chi connectivity index (χ0) is 23.5. The fourth-order valence-corrected chi connectivity index (χ4v) is 5.07. The molecule has 1 fully saturated rings. The molecule has 0 radical (unpaired) electrons. The number of amides is 2. The first-order chi connectivity index (χ1) is 15.9. The minimum atomic E-state index is -0.979. The van der Waals surface area contributed by atoms with Gasteiger partial charge in [0, 0.05) is 19.0 Å². The molecule has 2 N–H and O–H groups in total. The van der Waals surface area contributed by atoms with Crippen molar-refractivity contribution in [2.24, 2.45) is 11.8 Å². The molecular formula is C26H30N2O5. The molecule has 7 nitrogen and oxygen atoms in total. The van der Waals surface area contributed by atoms with E-state index in [1.165, 1.54) is 4.90 Å². The molecule has 1 saturated heterocycles. The number of nitrogens with zero attached hydrogens (tertiary/aromatic N) is 1. The van der Waals surface area contributed by atoms with E-state index in [2.05, 4.69) is 29.6 Å². The van der Waals surface area contributed by atoms with Crippen LogP contribution in [-0.2, 0) is 14.3 Å². The first-order valence-electron chi connectivity index (χ1n) is 11.5. The van der Waals surface area contributed by atoms with Crippen LogP contribution < -0.4 is 5.32 Å². The van der Waals surface area contributed by atoms with Gasteiger partial charge in [-0.25, -0.2) is 9.59 Å². The Hall–Kier alpha value is -3.35. The fourth-order valence-electron chi connectivity index (χ4n) is 5.07. The summed E-state index contributed by atoms with van der Waals surface area (Å²) in [6, 6.07) is 15.4. The van der Waals surface area contributed by atoms with Gasteiger partial charge in [-0.3, -0.25) is 4.79 Å². The van der Waals surface area contributed by atoms with Crippen molar-refractivity contribution in [2.45, 2.75) is 38.6 Å². The Morgan fingerprint density at radius 1 is 1.09 bits per heavy atom. The number of nitrogens with one attached hydrogen (secondary N) is 1. The number of likely N-dealkylation sites (tertiary alicyclic amines) is 1. The van der Waals surface area contributed by atoms with Gasteiger partial charge in [0.2, 0.25) is 5.91 Å². The van der Waals surface area contributed by atoms with E-state index in [1.807, 2.05) is 38.1 Å². The number of carbonyl (C=O) groups excluding carboxylic acids is 2. The number of carboxylic acids is 1. The molecule has 1 heterocycles. The van der Waals surface area contributed by atoms with Crippen LogP contribution >= 0.6 is 0 Å². The topological polar surface area (TPSA) is 95.9 Å². The zero-order valence-electron chi connectivity index (χ0n) is 19.0. The van der Waals surface area contributed by atoms with Crippen molar-refractivity contribution in [3.63, 3.8) is 0 Å². The van der Waals surface area contributed by atoms with Crippen molar-refractivity contribution in [1.29, 1.82) is 0 Å². The average Bonchev–Trinajstić information content (AvgIpc) is 3.36. The highest BCUT2D eigenvalue weighted by Crippen LogP contribution is 2.44. The summed E-state index contributed by atoms with van der Waals surface area (Å²) in [4.78, 5) is 38.5. The van der Waals surface area contributed by atoms with Gasteiger partial charge < -0.3 is 20.1 Å². The van der Waals surface area contributed by atoms with Gasteiger partial charge >= 0.3 is 12.1 Å². The highest BCUT2D eigenvalue weighted by molar-refractivity contribution is 5.86. The summed E-state index contributed by atoms with van der Waals surface area (Å²) in [5.41, 5.74) is 4.59. The molecule has 0 saturated carbocycles. The first kappa shape index (κ1) is 22.8. The minimum absolute atomic E-state index is 0.0332. The number of carbonyl (C=O) groups is 3. The van der Waals surface area contributed by atoms with Crippen molar-refractivity contribution in [3.8, 4) is 11.1 Å². The van der Waals surface area contributed by atoms with E-state index < -0.39 is 24.0 Å². The number of ether oxygens (including phenoxy) is 1. The SMILES string of the molecule is CCC(CNC(=O)OCC1c2ccccc2-c2ccccc21)C(=O)N1CCC(C)C1C(=O)O. The molecule has 1 aliphatic carbocycles. The molecule has 0 spiro atoms. The number of rotatable bonds is 7. The number of benzene rings is 2. The zero-order valence-corrected chi connectivity index (χ0v) is 19.0. The number of alkyl carbamates (subject to hydrolysis) is 1. The van der Waals surface area contributed by atoms with Crippen LogP contribution in [0.25, 0.3) is 11.1 Å². The molecule has 1 aliphatic heterocycles. The molecule has 7 heteroatoms. The van der Waals surface area contributed by atoms with E-state index >= 15 is 0 Å². The quantitative estimate of drug-likeness (QED) is 0.668. The van der Waals surface area contributed by atoms with Crippen molar-refractivity contribution < 1.29 is 24.2 Å². The maximum atomic E-state index is 13.0. The average molecular weight is 451 g/mol. The Labute approximate surface area is 193 Å². The highest BCUT2D eigenvalue weighted by atomic mass is 16.5. The smallest absolute Gasteiger partial charge is 0.407 e. The number of aliphatic carboxylic acids is 1.